The van der Waals surface area contributed by atoms with E-state index in [1.165, 1.54) is 103 Å². The molecule has 133 valence electrons. The maximum absolute atomic E-state index is 4.91. The smallest absolute Gasteiger partial charge is 0.125 e. The molecule has 0 aliphatic heterocycles. The van der Waals surface area contributed by atoms with Crippen LogP contribution in [0.2, 0.25) is 0 Å². The Morgan fingerprint density at radius 2 is 0.818 bits per heavy atom. The van der Waals surface area contributed by atoms with Gasteiger partial charge in [0.25, 0.3) is 0 Å². The van der Waals surface area contributed by atoms with Crippen molar-refractivity contribution in [3.8, 4) is 0 Å². The van der Waals surface area contributed by atoms with Crippen LogP contribution < -0.4 is 0 Å². The fourth-order valence-corrected chi connectivity index (χ4v) is 3.36. The molecule has 0 N–H and O–H groups in total. The van der Waals surface area contributed by atoms with Crippen LogP contribution in [0.25, 0.3) is 0 Å². The lowest BCUT2D eigenvalue weighted by molar-refractivity contribution is 0.390. The van der Waals surface area contributed by atoms with Gasteiger partial charge in [0, 0.05) is 0 Å². The zero-order valence-electron chi connectivity index (χ0n) is 14.5. The van der Waals surface area contributed by atoms with Crippen molar-refractivity contribution in [1.82, 2.24) is 0 Å². The third-order valence-electron chi connectivity index (χ3n) is 4.80. The molecule has 0 heterocycles. The molecule has 0 amide bonds. The second kappa shape index (κ2) is 18.4. The lowest BCUT2D eigenvalue weighted by atomic mass is 9.92. The average molecular weight is 387 g/mol. The molecule has 1 saturated carbocycles. The number of hydrogen-bond acceptors (Lipinski definition) is 0. The maximum atomic E-state index is 4.91. The molecule has 1 radical (unpaired) electrons. The minimum absolute atomic E-state index is 1.04. The minimum Gasteiger partial charge on any atom is -0.125 e. The molecule has 0 aromatic carbocycles. The summed E-state index contributed by atoms with van der Waals surface area (Å²) < 4.78 is 0. The fourth-order valence-electron chi connectivity index (χ4n) is 3.36. The molecule has 0 aromatic rings. The van der Waals surface area contributed by atoms with Crippen LogP contribution in [-0.4, -0.2) is 6.73 Å². The SMILES string of the molecule is CCC1CCCCCCCCCCCCCCC1.Cl[Si](Cl)Cl. The summed E-state index contributed by atoms with van der Waals surface area (Å²) in [5, 5.41) is 0. The Bertz CT molecular complexity index is 194. The van der Waals surface area contributed by atoms with Gasteiger partial charge >= 0.3 is 6.73 Å². The molecular formula is C18H36Cl3Si. The third-order valence-corrected chi connectivity index (χ3v) is 4.80. The maximum Gasteiger partial charge on any atom is 0.376 e. The first-order chi connectivity index (χ1) is 10.7. The van der Waals surface area contributed by atoms with Crippen LogP contribution in [-0.2, 0) is 0 Å². The van der Waals surface area contributed by atoms with E-state index in [0.29, 0.717) is 0 Å². The molecule has 1 aliphatic carbocycles. The Labute approximate surface area is 155 Å². The van der Waals surface area contributed by atoms with Crippen molar-refractivity contribution in [3.63, 3.8) is 0 Å². The van der Waals surface area contributed by atoms with Crippen LogP contribution in [0.4, 0.5) is 0 Å². The van der Waals surface area contributed by atoms with Crippen molar-refractivity contribution in [2.24, 2.45) is 5.92 Å². The topological polar surface area (TPSA) is 0 Å². The molecule has 0 aromatic heterocycles. The molecule has 22 heavy (non-hydrogen) atoms. The number of rotatable bonds is 1. The summed E-state index contributed by atoms with van der Waals surface area (Å²) >= 11 is 14.7. The molecule has 0 bridgehead atoms. The van der Waals surface area contributed by atoms with E-state index in [1.807, 2.05) is 0 Å². The number of hydrogen-bond donors (Lipinski definition) is 0. The molecule has 1 fully saturated rings. The van der Waals surface area contributed by atoms with E-state index in [-0.39, 0.29) is 0 Å². The molecule has 4 heteroatoms. The van der Waals surface area contributed by atoms with Crippen molar-refractivity contribution in [2.45, 2.75) is 110 Å². The van der Waals surface area contributed by atoms with Crippen molar-refractivity contribution < 1.29 is 0 Å². The van der Waals surface area contributed by atoms with Crippen molar-refractivity contribution in [3.05, 3.63) is 0 Å². The van der Waals surface area contributed by atoms with Crippen molar-refractivity contribution in [1.29, 1.82) is 0 Å². The molecule has 1 rings (SSSR count). The van der Waals surface area contributed by atoms with E-state index in [0.717, 1.165) is 5.92 Å². The normalized spacial score (nSPS) is 21.1. The second-order valence-electron chi connectivity index (χ2n) is 6.66. The van der Waals surface area contributed by atoms with E-state index in [2.05, 4.69) is 6.92 Å². The van der Waals surface area contributed by atoms with Crippen molar-refractivity contribution in [2.75, 3.05) is 0 Å². The van der Waals surface area contributed by atoms with Crippen LogP contribution in [0.3, 0.4) is 0 Å². The highest BCUT2D eigenvalue weighted by molar-refractivity contribution is 7.54. The van der Waals surface area contributed by atoms with E-state index in [9.17, 15) is 0 Å². The van der Waals surface area contributed by atoms with Gasteiger partial charge in [0.1, 0.15) is 0 Å². The molecule has 0 atom stereocenters. The summed E-state index contributed by atoms with van der Waals surface area (Å²) in [6.45, 7) is 0.929. The molecule has 0 nitrogen and oxygen atoms in total. The summed E-state index contributed by atoms with van der Waals surface area (Å²) in [7, 11) is 0. The highest BCUT2D eigenvalue weighted by Crippen LogP contribution is 2.22. The van der Waals surface area contributed by atoms with Gasteiger partial charge in [0.05, 0.1) is 0 Å². The van der Waals surface area contributed by atoms with E-state index in [1.54, 1.807) is 0 Å². The predicted octanol–water partition coefficient (Wildman–Crippen LogP) is 8.57. The van der Waals surface area contributed by atoms with Gasteiger partial charge in [-0.15, -0.1) is 33.2 Å². The Hall–Kier alpha value is 1.09. The minimum atomic E-state index is -1.46. The highest BCUT2D eigenvalue weighted by atomic mass is 35.8. The zero-order chi connectivity index (χ0) is 16.5. The largest absolute Gasteiger partial charge is 0.376 e. The Morgan fingerprint density at radius 3 is 1.05 bits per heavy atom. The van der Waals surface area contributed by atoms with Crippen molar-refractivity contribution >= 4 is 40.0 Å². The monoisotopic (exact) mass is 385 g/mol. The van der Waals surface area contributed by atoms with Gasteiger partial charge in [-0.25, -0.2) is 0 Å². The van der Waals surface area contributed by atoms with Gasteiger partial charge in [-0.05, 0) is 5.92 Å². The standard InChI is InChI=1S/C18H36.Cl3Si/c1-2-18-16-14-12-10-8-6-4-3-5-7-9-11-13-15-17-18;1-4(2)3/h18H,2-17H2,1H3;. The lowest BCUT2D eigenvalue weighted by Gasteiger charge is -2.14. The van der Waals surface area contributed by atoms with Gasteiger partial charge in [0.2, 0.25) is 0 Å². The Balaban J connectivity index is 0.000000980. The van der Waals surface area contributed by atoms with Gasteiger partial charge < -0.3 is 0 Å². The summed E-state index contributed by atoms with van der Waals surface area (Å²) in [4.78, 5) is 0. The van der Waals surface area contributed by atoms with E-state index in [4.69, 9.17) is 33.2 Å². The lowest BCUT2D eigenvalue weighted by Crippen LogP contribution is -1.99. The van der Waals surface area contributed by atoms with E-state index < -0.39 is 6.73 Å². The fraction of sp³-hybridized carbons (Fsp3) is 1.00. The summed E-state index contributed by atoms with van der Waals surface area (Å²) in [5.74, 6) is 1.04. The summed E-state index contributed by atoms with van der Waals surface area (Å²) in [5.41, 5.74) is 0. The van der Waals surface area contributed by atoms with Crippen LogP contribution in [0.15, 0.2) is 0 Å². The molecule has 1 aliphatic rings. The molecule has 0 unspecified atom stereocenters. The van der Waals surface area contributed by atoms with E-state index >= 15 is 0 Å². The molecular weight excluding hydrogens is 351 g/mol. The molecule has 0 spiro atoms. The van der Waals surface area contributed by atoms with Crippen LogP contribution in [0, 0.1) is 5.92 Å². The number of halogens is 3. The molecule has 0 saturated heterocycles. The van der Waals surface area contributed by atoms with Crippen LogP contribution in [0.5, 0.6) is 0 Å². The predicted molar refractivity (Wildman–Crippen MR) is 106 cm³/mol. The highest BCUT2D eigenvalue weighted by Gasteiger charge is 2.06. The van der Waals surface area contributed by atoms with Crippen LogP contribution >= 0.6 is 33.2 Å². The average Bonchev–Trinajstić information content (AvgIpc) is 2.47. The Morgan fingerprint density at radius 1 is 0.591 bits per heavy atom. The summed E-state index contributed by atoms with van der Waals surface area (Å²) in [6, 6.07) is 0. The van der Waals surface area contributed by atoms with Gasteiger partial charge in [-0.1, -0.05) is 110 Å². The van der Waals surface area contributed by atoms with Gasteiger partial charge in [-0.2, -0.15) is 0 Å². The Kier molecular flexibility index (Phi) is 19.3. The first kappa shape index (κ1) is 23.1. The zero-order valence-corrected chi connectivity index (χ0v) is 17.8. The quantitative estimate of drug-likeness (QED) is 0.312. The van der Waals surface area contributed by atoms with Crippen LogP contribution in [0.1, 0.15) is 110 Å². The third kappa shape index (κ3) is 19.1. The second-order valence-corrected chi connectivity index (χ2v) is 12.2. The van der Waals surface area contributed by atoms with Gasteiger partial charge in [0.15, 0.2) is 0 Å². The summed E-state index contributed by atoms with van der Waals surface area (Å²) in [6.07, 6.45) is 23.9. The first-order valence-electron chi connectivity index (χ1n) is 9.50. The first-order valence-corrected chi connectivity index (χ1v) is 14.0. The van der Waals surface area contributed by atoms with Gasteiger partial charge in [-0.3, -0.25) is 0 Å².